The summed E-state index contributed by atoms with van der Waals surface area (Å²) in [6.45, 7) is 7.78. The van der Waals surface area contributed by atoms with Crippen LogP contribution in [0.4, 0.5) is 0 Å². The Morgan fingerprint density at radius 1 is 1.00 bits per heavy atom. The maximum absolute atomic E-state index is 5.50. The molecular formula is C20H30N2O+2. The molecular weight excluding hydrogens is 284 g/mol. The minimum atomic E-state index is 0.909. The molecule has 23 heavy (non-hydrogen) atoms. The molecule has 0 unspecified atom stereocenters. The molecule has 1 aliphatic heterocycles. The molecule has 2 aliphatic carbocycles. The van der Waals surface area contributed by atoms with E-state index in [4.69, 9.17) is 4.74 Å². The Hall–Kier alpha value is -1.32. The van der Waals surface area contributed by atoms with E-state index in [1.54, 1.807) is 12.0 Å². The van der Waals surface area contributed by atoms with Gasteiger partial charge in [-0.1, -0.05) is 24.3 Å². The van der Waals surface area contributed by atoms with Gasteiger partial charge in [0.1, 0.15) is 38.5 Å². The molecule has 3 atom stereocenters. The quantitative estimate of drug-likeness (QED) is 0.743. The average molecular weight is 314 g/mol. The number of allylic oxidation sites excluding steroid dienone is 2. The lowest BCUT2D eigenvalue weighted by Gasteiger charge is -2.32. The van der Waals surface area contributed by atoms with Crippen LogP contribution < -0.4 is 14.5 Å². The van der Waals surface area contributed by atoms with Crippen LogP contribution in [0.5, 0.6) is 5.75 Å². The monoisotopic (exact) mass is 314 g/mol. The summed E-state index contributed by atoms with van der Waals surface area (Å²) in [5, 5.41) is 0. The van der Waals surface area contributed by atoms with Crippen LogP contribution in [0.3, 0.4) is 0 Å². The largest absolute Gasteiger partial charge is 0.496 e. The molecule has 3 nitrogen and oxygen atoms in total. The highest BCUT2D eigenvalue weighted by Gasteiger charge is 2.38. The van der Waals surface area contributed by atoms with E-state index in [0.717, 1.165) is 30.0 Å². The van der Waals surface area contributed by atoms with Crippen LogP contribution in [-0.2, 0) is 6.54 Å². The van der Waals surface area contributed by atoms with Gasteiger partial charge < -0.3 is 14.5 Å². The summed E-state index contributed by atoms with van der Waals surface area (Å²) < 4.78 is 5.50. The van der Waals surface area contributed by atoms with Gasteiger partial charge in [-0.2, -0.15) is 0 Å². The normalized spacial score (nSPS) is 35.6. The molecule has 0 spiro atoms. The Kier molecular flexibility index (Phi) is 4.41. The number of para-hydroxylation sites is 1. The third-order valence-electron chi connectivity index (χ3n) is 6.26. The Bertz CT molecular complexity index is 563. The number of hydrogen-bond acceptors (Lipinski definition) is 1. The smallest absolute Gasteiger partial charge is 0.127 e. The topological polar surface area (TPSA) is 18.1 Å². The molecule has 0 aromatic heterocycles. The predicted octanol–water partition coefficient (Wildman–Crippen LogP) is 0.191. The summed E-state index contributed by atoms with van der Waals surface area (Å²) >= 11 is 0. The lowest BCUT2D eigenvalue weighted by Crippen LogP contribution is -3.27. The number of rotatable bonds is 5. The summed E-state index contributed by atoms with van der Waals surface area (Å²) in [7, 11) is 1.78. The Labute approximate surface area is 139 Å². The number of benzene rings is 1. The Morgan fingerprint density at radius 3 is 2.48 bits per heavy atom. The van der Waals surface area contributed by atoms with E-state index in [2.05, 4.69) is 36.4 Å². The first kappa shape index (κ1) is 15.2. The minimum absolute atomic E-state index is 0.909. The van der Waals surface area contributed by atoms with Crippen molar-refractivity contribution in [2.24, 2.45) is 17.8 Å². The van der Waals surface area contributed by atoms with Crippen LogP contribution in [0.1, 0.15) is 18.4 Å². The van der Waals surface area contributed by atoms with Crippen LogP contribution >= 0.6 is 0 Å². The van der Waals surface area contributed by atoms with Gasteiger partial charge in [0.05, 0.1) is 13.7 Å². The molecule has 1 aromatic rings. The van der Waals surface area contributed by atoms with Gasteiger partial charge in [-0.25, -0.2) is 0 Å². The molecule has 2 N–H and O–H groups in total. The molecule has 0 radical (unpaired) electrons. The predicted molar refractivity (Wildman–Crippen MR) is 91.8 cm³/mol. The third-order valence-corrected chi connectivity index (χ3v) is 6.26. The van der Waals surface area contributed by atoms with Crippen molar-refractivity contribution >= 4 is 0 Å². The summed E-state index contributed by atoms with van der Waals surface area (Å²) in [4.78, 5) is 3.56. The van der Waals surface area contributed by atoms with Crippen LogP contribution in [0.25, 0.3) is 0 Å². The second-order valence-electron chi connectivity index (χ2n) is 7.73. The van der Waals surface area contributed by atoms with Crippen molar-refractivity contribution < 1.29 is 14.5 Å². The molecule has 1 heterocycles. The van der Waals surface area contributed by atoms with Crippen molar-refractivity contribution in [3.63, 3.8) is 0 Å². The van der Waals surface area contributed by atoms with Gasteiger partial charge in [0.2, 0.25) is 0 Å². The molecule has 124 valence electrons. The highest BCUT2D eigenvalue weighted by atomic mass is 16.5. The summed E-state index contributed by atoms with van der Waals surface area (Å²) in [5.74, 6) is 3.84. The zero-order chi connectivity index (χ0) is 15.6. The molecule has 2 bridgehead atoms. The fourth-order valence-corrected chi connectivity index (χ4v) is 4.96. The number of nitrogens with one attached hydrogen (secondary N) is 2. The van der Waals surface area contributed by atoms with E-state index in [1.807, 2.05) is 4.90 Å². The first-order valence-corrected chi connectivity index (χ1v) is 9.29. The van der Waals surface area contributed by atoms with Crippen molar-refractivity contribution in [2.45, 2.75) is 19.4 Å². The van der Waals surface area contributed by atoms with Gasteiger partial charge in [-0.15, -0.1) is 0 Å². The third kappa shape index (κ3) is 3.31. The van der Waals surface area contributed by atoms with E-state index >= 15 is 0 Å². The van der Waals surface area contributed by atoms with Crippen molar-refractivity contribution in [3.8, 4) is 5.75 Å². The van der Waals surface area contributed by atoms with Crippen molar-refractivity contribution in [2.75, 3.05) is 39.8 Å². The molecule has 1 saturated carbocycles. The molecule has 2 fully saturated rings. The number of methoxy groups -OCH3 is 1. The van der Waals surface area contributed by atoms with Gasteiger partial charge >= 0.3 is 0 Å². The van der Waals surface area contributed by atoms with Crippen LogP contribution in [0.2, 0.25) is 0 Å². The second kappa shape index (κ2) is 6.66. The van der Waals surface area contributed by atoms with E-state index in [0.29, 0.717) is 0 Å². The summed E-state index contributed by atoms with van der Waals surface area (Å²) in [5.41, 5.74) is 1.35. The first-order valence-electron chi connectivity index (χ1n) is 9.29. The zero-order valence-corrected chi connectivity index (χ0v) is 14.3. The SMILES string of the molecule is COc1ccccc1C[NH+]1CC[NH+](C[C@H]2C[C@H]3C=C[C@H]2C3)CC1. The van der Waals surface area contributed by atoms with Gasteiger partial charge in [-0.05, 0) is 36.8 Å². The first-order chi connectivity index (χ1) is 11.3. The lowest BCUT2D eigenvalue weighted by atomic mass is 9.93. The molecule has 1 aromatic carbocycles. The van der Waals surface area contributed by atoms with Crippen molar-refractivity contribution in [3.05, 3.63) is 42.0 Å². The maximum Gasteiger partial charge on any atom is 0.127 e. The Morgan fingerprint density at radius 2 is 1.78 bits per heavy atom. The minimum Gasteiger partial charge on any atom is -0.496 e. The van der Waals surface area contributed by atoms with E-state index in [1.165, 1.54) is 51.1 Å². The fraction of sp³-hybridized carbons (Fsp3) is 0.600. The van der Waals surface area contributed by atoms with Gasteiger partial charge in [-0.3, -0.25) is 0 Å². The van der Waals surface area contributed by atoms with E-state index in [9.17, 15) is 0 Å². The van der Waals surface area contributed by atoms with Crippen LogP contribution in [0.15, 0.2) is 36.4 Å². The molecule has 4 rings (SSSR count). The number of hydrogen-bond donors (Lipinski definition) is 2. The van der Waals surface area contributed by atoms with Crippen LogP contribution in [-0.4, -0.2) is 39.8 Å². The fourth-order valence-electron chi connectivity index (χ4n) is 4.96. The number of fused-ring (bicyclic) bond motifs is 2. The molecule has 3 heteroatoms. The average Bonchev–Trinajstić information content (AvgIpc) is 3.20. The standard InChI is InChI=1S/C20H28N2O/c1-23-20-5-3-2-4-18(20)14-21-8-10-22(11-9-21)15-19-13-16-6-7-17(19)12-16/h2-7,16-17,19H,8-15H2,1H3/p+2/t16-,17-,19+/m0/s1. The highest BCUT2D eigenvalue weighted by molar-refractivity contribution is 5.32. The zero-order valence-electron chi connectivity index (χ0n) is 14.3. The van der Waals surface area contributed by atoms with Gasteiger partial charge in [0.25, 0.3) is 0 Å². The number of quaternary nitrogens is 2. The van der Waals surface area contributed by atoms with Crippen LogP contribution in [0, 0.1) is 17.8 Å². The van der Waals surface area contributed by atoms with Crippen molar-refractivity contribution in [1.29, 1.82) is 0 Å². The molecule has 0 amide bonds. The highest BCUT2D eigenvalue weighted by Crippen LogP contribution is 2.42. The van der Waals surface area contributed by atoms with E-state index in [-0.39, 0.29) is 0 Å². The summed E-state index contributed by atoms with van der Waals surface area (Å²) in [6.07, 6.45) is 7.87. The van der Waals surface area contributed by atoms with Crippen molar-refractivity contribution in [1.82, 2.24) is 0 Å². The maximum atomic E-state index is 5.50. The van der Waals surface area contributed by atoms with Gasteiger partial charge in [0.15, 0.2) is 0 Å². The van der Waals surface area contributed by atoms with E-state index < -0.39 is 0 Å². The number of ether oxygens (including phenoxy) is 1. The molecule has 3 aliphatic rings. The van der Waals surface area contributed by atoms with Gasteiger partial charge in [0, 0.05) is 11.5 Å². The summed E-state index contributed by atoms with van der Waals surface area (Å²) in [6, 6.07) is 8.48. The second-order valence-corrected chi connectivity index (χ2v) is 7.73. The number of piperazine rings is 1. The molecule has 1 saturated heterocycles. The Balaban J connectivity index is 1.27. The lowest BCUT2D eigenvalue weighted by molar-refractivity contribution is -1.02.